The highest BCUT2D eigenvalue weighted by molar-refractivity contribution is 7.98. The van der Waals surface area contributed by atoms with E-state index in [0.29, 0.717) is 0 Å². The van der Waals surface area contributed by atoms with Crippen LogP contribution in [0, 0.1) is 6.92 Å². The van der Waals surface area contributed by atoms with E-state index < -0.39 is 0 Å². The normalized spacial score (nSPS) is 10.9. The number of rotatable bonds is 5. The van der Waals surface area contributed by atoms with Crippen LogP contribution in [-0.4, -0.2) is 19.0 Å². The average molecular weight is 271 g/mol. The van der Waals surface area contributed by atoms with E-state index in [1.807, 2.05) is 11.8 Å². The molecule has 2 rings (SSSR count). The molecule has 1 nitrogen and oxygen atoms in total. The zero-order valence-electron chi connectivity index (χ0n) is 11.9. The number of hydrogen-bond acceptors (Lipinski definition) is 2. The van der Waals surface area contributed by atoms with E-state index in [1.54, 1.807) is 0 Å². The Balaban J connectivity index is 2.08. The monoisotopic (exact) mass is 271 g/mol. The Labute approximate surface area is 120 Å². The minimum atomic E-state index is 1.01. The molecule has 0 saturated carbocycles. The van der Waals surface area contributed by atoms with Gasteiger partial charge < -0.3 is 4.90 Å². The smallest absolute Gasteiger partial charge is 0.0232 e. The molecule has 0 radical (unpaired) electrons. The van der Waals surface area contributed by atoms with Crippen molar-refractivity contribution in [3.8, 4) is 0 Å². The molecule has 2 aromatic carbocycles. The Kier molecular flexibility index (Phi) is 5.06. The van der Waals surface area contributed by atoms with Gasteiger partial charge in [-0.05, 0) is 43.8 Å². The van der Waals surface area contributed by atoms with Crippen molar-refractivity contribution in [1.29, 1.82) is 0 Å². The summed E-state index contributed by atoms with van der Waals surface area (Å²) >= 11 is 1.92. The van der Waals surface area contributed by atoms with Gasteiger partial charge in [-0.2, -0.15) is 0 Å². The summed E-state index contributed by atoms with van der Waals surface area (Å²) in [6, 6.07) is 17.3. The van der Waals surface area contributed by atoms with Crippen LogP contribution in [0.2, 0.25) is 0 Å². The zero-order valence-corrected chi connectivity index (χ0v) is 12.7. The minimum absolute atomic E-state index is 1.01. The molecule has 2 heteroatoms. The number of thioether (sulfide) groups is 1. The van der Waals surface area contributed by atoms with Gasteiger partial charge in [0.2, 0.25) is 0 Å². The van der Waals surface area contributed by atoms with Crippen LogP contribution in [0.4, 0.5) is 0 Å². The van der Waals surface area contributed by atoms with Crippen LogP contribution in [0.15, 0.2) is 53.4 Å². The Morgan fingerprint density at radius 3 is 2.37 bits per heavy atom. The maximum atomic E-state index is 2.23. The summed E-state index contributed by atoms with van der Waals surface area (Å²) in [5.41, 5.74) is 4.21. The van der Waals surface area contributed by atoms with Gasteiger partial charge in [-0.3, -0.25) is 0 Å². The summed E-state index contributed by atoms with van der Waals surface area (Å²) in [5.74, 6) is 1.03. The second-order valence-electron chi connectivity index (χ2n) is 5.05. The topological polar surface area (TPSA) is 3.24 Å². The van der Waals surface area contributed by atoms with Crippen LogP contribution in [0.1, 0.15) is 16.7 Å². The van der Waals surface area contributed by atoms with Crippen molar-refractivity contribution in [2.75, 3.05) is 14.1 Å². The molecule has 0 amide bonds. The Hall–Kier alpha value is -1.25. The first-order valence-electron chi connectivity index (χ1n) is 6.57. The lowest BCUT2D eigenvalue weighted by Crippen LogP contribution is -2.11. The summed E-state index contributed by atoms with van der Waals surface area (Å²) in [4.78, 5) is 3.61. The molecule has 0 unspecified atom stereocenters. The van der Waals surface area contributed by atoms with Crippen molar-refractivity contribution >= 4 is 11.8 Å². The lowest BCUT2D eigenvalue weighted by atomic mass is 10.1. The van der Waals surface area contributed by atoms with E-state index in [-0.39, 0.29) is 0 Å². The molecule has 0 aliphatic heterocycles. The van der Waals surface area contributed by atoms with E-state index in [9.17, 15) is 0 Å². The maximum Gasteiger partial charge on any atom is 0.0232 e. The number of hydrogen-bond donors (Lipinski definition) is 0. The van der Waals surface area contributed by atoms with E-state index in [0.717, 1.165) is 12.3 Å². The molecular weight excluding hydrogens is 250 g/mol. The zero-order chi connectivity index (χ0) is 13.7. The minimum Gasteiger partial charge on any atom is -0.305 e. The molecule has 2 aromatic rings. The predicted molar refractivity (Wildman–Crippen MR) is 84.6 cm³/mol. The SMILES string of the molecule is Cc1c(CN(C)C)cccc1SCc1ccccc1. The fourth-order valence-electron chi connectivity index (χ4n) is 2.06. The van der Waals surface area contributed by atoms with Crippen LogP contribution in [0.25, 0.3) is 0 Å². The maximum absolute atomic E-state index is 2.23. The van der Waals surface area contributed by atoms with Crippen LogP contribution >= 0.6 is 11.8 Å². The Morgan fingerprint density at radius 1 is 0.947 bits per heavy atom. The van der Waals surface area contributed by atoms with Gasteiger partial charge in [0.05, 0.1) is 0 Å². The number of benzene rings is 2. The Morgan fingerprint density at radius 2 is 1.68 bits per heavy atom. The lowest BCUT2D eigenvalue weighted by Gasteiger charge is -2.15. The second-order valence-corrected chi connectivity index (χ2v) is 6.07. The first-order chi connectivity index (χ1) is 9.16. The van der Waals surface area contributed by atoms with Crippen LogP contribution < -0.4 is 0 Å². The van der Waals surface area contributed by atoms with Gasteiger partial charge in [-0.25, -0.2) is 0 Å². The van der Waals surface area contributed by atoms with Crippen LogP contribution in [0.5, 0.6) is 0 Å². The van der Waals surface area contributed by atoms with E-state index in [4.69, 9.17) is 0 Å². The molecule has 0 aliphatic carbocycles. The molecular formula is C17H21NS. The average Bonchev–Trinajstić information content (AvgIpc) is 2.40. The van der Waals surface area contributed by atoms with Crippen LogP contribution in [-0.2, 0) is 12.3 Å². The molecule has 0 spiro atoms. The standard InChI is InChI=1S/C17H21NS/c1-14-16(12-18(2)3)10-7-11-17(14)19-13-15-8-5-4-6-9-15/h4-11H,12-13H2,1-3H3. The van der Waals surface area contributed by atoms with Gasteiger partial charge in [-0.15, -0.1) is 11.8 Å². The first-order valence-corrected chi connectivity index (χ1v) is 7.55. The first kappa shape index (κ1) is 14.2. The van der Waals surface area contributed by atoms with Crippen molar-refractivity contribution in [1.82, 2.24) is 4.90 Å². The van der Waals surface area contributed by atoms with Crippen molar-refractivity contribution in [3.05, 3.63) is 65.2 Å². The van der Waals surface area contributed by atoms with Gasteiger partial charge in [0.25, 0.3) is 0 Å². The molecule has 19 heavy (non-hydrogen) atoms. The summed E-state index contributed by atoms with van der Waals surface area (Å²) in [6.45, 7) is 3.23. The highest BCUT2D eigenvalue weighted by atomic mass is 32.2. The van der Waals surface area contributed by atoms with Crippen LogP contribution in [0.3, 0.4) is 0 Å². The molecule has 0 aliphatic rings. The van der Waals surface area contributed by atoms with Gasteiger partial charge in [0.15, 0.2) is 0 Å². The highest BCUT2D eigenvalue weighted by Gasteiger charge is 2.05. The van der Waals surface area contributed by atoms with Gasteiger partial charge in [0.1, 0.15) is 0 Å². The highest BCUT2D eigenvalue weighted by Crippen LogP contribution is 2.28. The molecule has 0 bridgehead atoms. The van der Waals surface area contributed by atoms with E-state index >= 15 is 0 Å². The van der Waals surface area contributed by atoms with Crippen molar-refractivity contribution in [3.63, 3.8) is 0 Å². The van der Waals surface area contributed by atoms with Crippen molar-refractivity contribution in [2.45, 2.75) is 24.1 Å². The third kappa shape index (κ3) is 4.12. The molecule has 0 aromatic heterocycles. The summed E-state index contributed by atoms with van der Waals surface area (Å²) in [7, 11) is 4.23. The second kappa shape index (κ2) is 6.78. The summed E-state index contributed by atoms with van der Waals surface area (Å²) in [5, 5.41) is 0. The molecule has 0 atom stereocenters. The van der Waals surface area contributed by atoms with Crippen molar-refractivity contribution < 1.29 is 0 Å². The predicted octanol–water partition coefficient (Wildman–Crippen LogP) is 4.35. The van der Waals surface area contributed by atoms with Gasteiger partial charge >= 0.3 is 0 Å². The van der Waals surface area contributed by atoms with E-state index in [2.05, 4.69) is 74.4 Å². The number of nitrogens with zero attached hydrogens (tertiary/aromatic N) is 1. The molecule has 100 valence electrons. The van der Waals surface area contributed by atoms with E-state index in [1.165, 1.54) is 21.6 Å². The fourth-order valence-corrected chi connectivity index (χ4v) is 3.10. The largest absolute Gasteiger partial charge is 0.305 e. The third-order valence-corrected chi connectivity index (χ3v) is 4.35. The fraction of sp³-hybridized carbons (Fsp3) is 0.294. The molecule has 0 fully saturated rings. The van der Waals surface area contributed by atoms with Crippen molar-refractivity contribution in [2.24, 2.45) is 0 Å². The quantitative estimate of drug-likeness (QED) is 0.744. The third-order valence-electron chi connectivity index (χ3n) is 3.12. The molecule has 0 N–H and O–H groups in total. The van der Waals surface area contributed by atoms with Gasteiger partial charge in [0, 0.05) is 17.2 Å². The van der Waals surface area contributed by atoms with Gasteiger partial charge in [-0.1, -0.05) is 42.5 Å². The lowest BCUT2D eigenvalue weighted by molar-refractivity contribution is 0.401. The summed E-state index contributed by atoms with van der Waals surface area (Å²) < 4.78 is 0. The molecule has 0 saturated heterocycles. The molecule has 0 heterocycles. The summed E-state index contributed by atoms with van der Waals surface area (Å²) in [6.07, 6.45) is 0. The Bertz CT molecular complexity index is 520.